The van der Waals surface area contributed by atoms with Crippen LogP contribution in [0.4, 0.5) is 0 Å². The van der Waals surface area contributed by atoms with Gasteiger partial charge in [0.25, 0.3) is 0 Å². The quantitative estimate of drug-likeness (QED) is 0.0339. The zero-order valence-corrected chi connectivity index (χ0v) is 59.9. The Kier molecular flexibility index (Phi) is 26.2. The summed E-state index contributed by atoms with van der Waals surface area (Å²) in [4.78, 5) is 184. The normalized spacial score (nSPS) is 20.9. The van der Waals surface area contributed by atoms with E-state index in [-0.39, 0.29) is 139 Å². The monoisotopic (exact) mass is 1370 g/mol. The minimum Gasteiger partial charge on any atom is -0.344 e. The molecule has 2 aromatic carbocycles. The van der Waals surface area contributed by atoms with E-state index in [1.54, 1.807) is 34.1 Å². The molecule has 4 aromatic rings. The maximum Gasteiger partial charge on any atom is 0.246 e. The Morgan fingerprint density at radius 2 is 1.04 bits per heavy atom. The van der Waals surface area contributed by atoms with E-state index in [1.807, 2.05) is 85.7 Å². The first-order valence-corrected chi connectivity index (χ1v) is 36.9. The van der Waals surface area contributed by atoms with Gasteiger partial charge in [-0.3, -0.25) is 67.5 Å². The zero-order valence-electron chi connectivity index (χ0n) is 59.9. The fourth-order valence-electron chi connectivity index (χ4n) is 15.6. The van der Waals surface area contributed by atoms with Gasteiger partial charge < -0.3 is 20.4 Å². The van der Waals surface area contributed by atoms with Gasteiger partial charge >= 0.3 is 0 Å². The second-order valence-electron chi connectivity index (χ2n) is 31.4. The van der Waals surface area contributed by atoms with Gasteiger partial charge in [-0.05, 0) is 121 Å². The van der Waals surface area contributed by atoms with Crippen molar-refractivity contribution in [1.29, 1.82) is 0 Å². The van der Waals surface area contributed by atoms with Crippen molar-refractivity contribution in [3.63, 3.8) is 0 Å². The molecular formula is C80H104N8O12. The lowest BCUT2D eigenvalue weighted by atomic mass is 9.76. The molecule has 10 rings (SSSR count). The molecule has 20 heteroatoms. The summed E-state index contributed by atoms with van der Waals surface area (Å²) in [7, 11) is 0. The number of hydrogen-bond acceptors (Lipinski definition) is 16. The Labute approximate surface area is 589 Å². The number of carbonyl (C=O) groups excluding carboxylic acids is 12. The summed E-state index contributed by atoms with van der Waals surface area (Å²) in [6.45, 7) is 15.7. The average molecular weight is 1370 g/mol. The number of benzene rings is 2. The first-order chi connectivity index (χ1) is 47.7. The maximum atomic E-state index is 14.8. The molecule has 4 saturated carbocycles. The van der Waals surface area contributed by atoms with Crippen LogP contribution in [0.15, 0.2) is 91.8 Å². The number of nitrogens with one attached hydrogen (secondary N) is 2. The van der Waals surface area contributed by atoms with Crippen molar-refractivity contribution in [2.45, 2.75) is 240 Å². The second kappa shape index (κ2) is 34.5. The number of Topliss-reactive ketones (excluding diaryl/α,β-unsaturated/α-hetero) is 8. The summed E-state index contributed by atoms with van der Waals surface area (Å²) >= 11 is 0. The Bertz CT molecular complexity index is 3590. The van der Waals surface area contributed by atoms with Crippen molar-refractivity contribution in [2.75, 3.05) is 6.54 Å². The number of hydrogen-bond donors (Lipinski definition) is 2. The van der Waals surface area contributed by atoms with Gasteiger partial charge in [0.15, 0.2) is 34.7 Å². The van der Waals surface area contributed by atoms with Gasteiger partial charge in [0.1, 0.15) is 23.5 Å². The molecule has 100 heavy (non-hydrogen) atoms. The van der Waals surface area contributed by atoms with Crippen LogP contribution >= 0.6 is 0 Å². The Hall–Kier alpha value is -8.16. The molecule has 2 aliphatic heterocycles. The molecule has 0 bridgehead atoms. The first kappa shape index (κ1) is 76.0. The summed E-state index contributed by atoms with van der Waals surface area (Å²) in [5.41, 5.74) is 1.40. The maximum absolute atomic E-state index is 14.8. The lowest BCUT2D eigenvalue weighted by Crippen LogP contribution is -2.60. The van der Waals surface area contributed by atoms with E-state index < -0.39 is 81.9 Å². The van der Waals surface area contributed by atoms with Gasteiger partial charge in [-0.25, -0.2) is 9.97 Å². The lowest BCUT2D eigenvalue weighted by Gasteiger charge is -2.42. The topological polar surface area (TPSA) is 287 Å². The van der Waals surface area contributed by atoms with Crippen molar-refractivity contribution >= 4 is 69.9 Å². The largest absolute Gasteiger partial charge is 0.344 e. The first-order valence-electron chi connectivity index (χ1n) is 36.9. The number of likely N-dealkylation sites (tertiary alicyclic amines) is 1. The lowest BCUT2D eigenvalue weighted by molar-refractivity contribution is -0.148. The van der Waals surface area contributed by atoms with Crippen LogP contribution in [0.25, 0.3) is 0 Å². The highest BCUT2D eigenvalue weighted by atomic mass is 16.2. The van der Waals surface area contributed by atoms with Crippen LogP contribution in [0.3, 0.4) is 0 Å². The van der Waals surface area contributed by atoms with Crippen LogP contribution in [0.1, 0.15) is 240 Å². The van der Waals surface area contributed by atoms with E-state index in [0.717, 1.165) is 88.2 Å². The predicted molar refractivity (Wildman–Crippen MR) is 376 cm³/mol. The second-order valence-corrected chi connectivity index (χ2v) is 31.4. The summed E-state index contributed by atoms with van der Waals surface area (Å²) < 4.78 is 0. The minimum absolute atomic E-state index is 0.0121. The third-order valence-electron chi connectivity index (χ3n) is 21.6. The Morgan fingerprint density at radius 3 is 1.56 bits per heavy atom. The summed E-state index contributed by atoms with van der Waals surface area (Å²) in [5.74, 6) is -6.55. The molecule has 2 N–H and O–H groups in total. The number of nitrogens with zero attached hydrogens (tertiary/aromatic N) is 6. The van der Waals surface area contributed by atoms with Crippen LogP contribution in [0.2, 0.25) is 0 Å². The number of ketones is 8. The van der Waals surface area contributed by atoms with Gasteiger partial charge in [0.05, 0.1) is 30.4 Å². The molecule has 4 amide bonds. The number of rotatable bonds is 32. The Morgan fingerprint density at radius 1 is 0.530 bits per heavy atom. The number of fused-ring (bicyclic) bond motifs is 2. The highest BCUT2D eigenvalue weighted by Gasteiger charge is 2.53. The van der Waals surface area contributed by atoms with Gasteiger partial charge in [-0.1, -0.05) is 149 Å². The molecule has 0 spiro atoms. The zero-order chi connectivity index (χ0) is 72.0. The summed E-state index contributed by atoms with van der Waals surface area (Å²) in [6, 6.07) is 13.1. The van der Waals surface area contributed by atoms with Crippen molar-refractivity contribution in [2.24, 2.45) is 58.2 Å². The highest BCUT2D eigenvalue weighted by Crippen LogP contribution is 2.45. The molecular weight excluding hydrogens is 1260 g/mol. The fraction of sp³-hybridized carbons (Fsp3) is 0.600. The van der Waals surface area contributed by atoms with E-state index in [2.05, 4.69) is 30.6 Å². The number of aromatic nitrogens is 4. The van der Waals surface area contributed by atoms with Gasteiger partial charge in [0.2, 0.25) is 35.2 Å². The summed E-state index contributed by atoms with van der Waals surface area (Å²) in [6.07, 6.45) is 22.4. The van der Waals surface area contributed by atoms with Crippen molar-refractivity contribution in [3.05, 3.63) is 120 Å². The molecule has 4 heterocycles. The number of carbonyl (C=O) groups is 12. The van der Waals surface area contributed by atoms with E-state index >= 15 is 0 Å². The molecule has 2 aromatic heterocycles. The van der Waals surface area contributed by atoms with Crippen LogP contribution in [0.5, 0.6) is 0 Å². The third-order valence-corrected chi connectivity index (χ3v) is 21.6. The third kappa shape index (κ3) is 19.9. The van der Waals surface area contributed by atoms with Crippen LogP contribution in [0, 0.1) is 58.2 Å². The van der Waals surface area contributed by atoms with E-state index in [9.17, 15) is 57.5 Å². The van der Waals surface area contributed by atoms with Gasteiger partial charge in [-0.15, -0.1) is 0 Å². The highest BCUT2D eigenvalue weighted by molar-refractivity contribution is 6.39. The molecule has 0 radical (unpaired) electrons. The predicted octanol–water partition coefficient (Wildman–Crippen LogP) is 11.3. The average Bonchev–Trinajstić information content (AvgIpc) is 1.43. The van der Waals surface area contributed by atoms with Crippen LogP contribution in [-0.2, 0) is 60.9 Å². The van der Waals surface area contributed by atoms with Crippen molar-refractivity contribution in [1.82, 2.24) is 40.4 Å². The smallest absolute Gasteiger partial charge is 0.246 e. The molecule has 1 saturated heterocycles. The number of amides is 4. The van der Waals surface area contributed by atoms with E-state index in [4.69, 9.17) is 0 Å². The van der Waals surface area contributed by atoms with Crippen LogP contribution < -0.4 is 10.6 Å². The SMILES string of the molecule is CCC[C@H](CC(=O)[C@@H]1Cc2ccccc2CN1C(=O)[C@@H](NC(=O)[C@@H](CC(=O)c1cnccn1)C1CCCCC1)C(C)(C)C)C(=O)C(=O)CC1CC1.CCC[C@H](CC(=O)[C@@H]1[C@H]2CCC[C@H]2CN1C(=O)[C@@H](NC(=O)[C@@H](CC(=O)c1cnccn1)c1ccccc1)C(C)(C)C)C(=O)C(=O)CC1CC1. The molecule has 5 fully saturated rings. The van der Waals surface area contributed by atoms with Crippen molar-refractivity contribution < 1.29 is 57.5 Å². The van der Waals surface area contributed by atoms with Crippen molar-refractivity contribution in [3.8, 4) is 0 Å². The Balaban J connectivity index is 0.000000233. The minimum atomic E-state index is -0.989. The molecule has 10 atom stereocenters. The van der Waals surface area contributed by atoms with Gasteiger partial charge in [-0.2, -0.15) is 0 Å². The standard InChI is InChI=1S/C41H54N4O6.C39H50N4O6/c1-5-11-29(37(49)36(48)20-26-16-17-26)22-35(47)33-21-28-14-9-10-15-30(28)25-45(33)40(51)38(41(2,3)4)44-39(50)31(27-12-7-6-8-13-27)23-34(46)32-24-42-18-19-43-32;1-5-10-26(35(47)33(46)19-24-15-16-24)20-32(45)34-28-14-9-13-27(28)23-43(34)38(49)36(39(2,3)4)42-37(48)29(25-11-7-6-8-12-25)21-31(44)30-22-40-17-18-41-30/h9-10,14-15,18-19,24,26-27,29,31,33,38H,5-8,11-13,16-17,20-23,25H2,1-4H3,(H,44,50);6-8,11-12,17-18,22,24,26-29,34,36H,5,9-10,13-16,19-21,23H2,1-4H3,(H,42,48)/t29-,31+,33+,38-;26-,27+,28+,29+,34+,36-/m11/s1. The molecule has 20 nitrogen and oxygen atoms in total. The molecule has 0 unspecified atom stereocenters. The molecule has 6 aliphatic rings. The molecule has 536 valence electrons. The summed E-state index contributed by atoms with van der Waals surface area (Å²) in [5, 5.41) is 6.09. The van der Waals surface area contributed by atoms with E-state index in [0.29, 0.717) is 37.8 Å². The van der Waals surface area contributed by atoms with Gasteiger partial charge in [0, 0.05) is 101 Å². The molecule has 4 aliphatic carbocycles. The van der Waals surface area contributed by atoms with Crippen LogP contribution in [-0.4, -0.2) is 130 Å². The van der Waals surface area contributed by atoms with E-state index in [1.165, 1.54) is 37.2 Å². The fourth-order valence-corrected chi connectivity index (χ4v) is 15.6.